The van der Waals surface area contributed by atoms with E-state index in [1.807, 2.05) is 13.8 Å². The van der Waals surface area contributed by atoms with Crippen LogP contribution in [0.2, 0.25) is 0 Å². The van der Waals surface area contributed by atoms with Crippen molar-refractivity contribution in [1.29, 1.82) is 0 Å². The summed E-state index contributed by atoms with van der Waals surface area (Å²) in [5.41, 5.74) is 2.09. The van der Waals surface area contributed by atoms with Gasteiger partial charge in [-0.25, -0.2) is 0 Å². The van der Waals surface area contributed by atoms with Crippen molar-refractivity contribution in [3.05, 3.63) is 29.8 Å². The topological polar surface area (TPSA) is 23.6 Å². The lowest BCUT2D eigenvalue weighted by Gasteiger charge is -2.35. The average molecular weight is 273 g/mol. The second-order valence-corrected chi connectivity index (χ2v) is 6.25. The highest BCUT2D eigenvalue weighted by Gasteiger charge is 2.20. The molecule has 0 N–H and O–H groups in total. The molecule has 2 rings (SSSR count). The van der Waals surface area contributed by atoms with Gasteiger partial charge in [0, 0.05) is 37.3 Å². The molecule has 1 aliphatic rings. The molecule has 1 aromatic carbocycles. The van der Waals surface area contributed by atoms with Crippen LogP contribution in [0.15, 0.2) is 24.3 Å². The highest BCUT2D eigenvalue weighted by molar-refractivity contribution is 5.60. The van der Waals surface area contributed by atoms with Crippen molar-refractivity contribution in [2.75, 3.05) is 37.6 Å². The van der Waals surface area contributed by atoms with Crippen LogP contribution in [0.4, 0.5) is 5.69 Å². The van der Waals surface area contributed by atoms with E-state index in [2.05, 4.69) is 47.3 Å². The third-order valence-electron chi connectivity index (χ3n) is 4.02. The lowest BCUT2D eigenvalue weighted by Crippen LogP contribution is -2.46. The first-order valence-corrected chi connectivity index (χ1v) is 7.49. The zero-order chi connectivity index (χ0) is 14.6. The first-order chi connectivity index (χ1) is 9.54. The summed E-state index contributed by atoms with van der Waals surface area (Å²) in [6.45, 7) is 11.7. The zero-order valence-electron chi connectivity index (χ0n) is 12.9. The summed E-state index contributed by atoms with van der Waals surface area (Å²) >= 11 is 0. The molecular weight excluding hydrogens is 248 g/mol. The van der Waals surface area contributed by atoms with Crippen molar-refractivity contribution < 1.29 is 4.79 Å². The Kier molecular flexibility index (Phi) is 4.81. The Hall–Kier alpha value is -1.35. The summed E-state index contributed by atoms with van der Waals surface area (Å²) in [4.78, 5) is 15.9. The Morgan fingerprint density at radius 2 is 1.90 bits per heavy atom. The fourth-order valence-electron chi connectivity index (χ4n) is 2.73. The number of hydrogen-bond donors (Lipinski definition) is 0. The molecular formula is C17H25N2O. The summed E-state index contributed by atoms with van der Waals surface area (Å²) in [5.74, 6) is 0. The molecule has 0 spiro atoms. The molecule has 1 fully saturated rings. The molecule has 1 heterocycles. The molecule has 1 aromatic rings. The van der Waals surface area contributed by atoms with Crippen LogP contribution in [0.1, 0.15) is 26.3 Å². The van der Waals surface area contributed by atoms with Gasteiger partial charge in [0.1, 0.15) is 0 Å². The molecule has 3 heteroatoms. The first kappa shape index (κ1) is 15.0. The zero-order valence-corrected chi connectivity index (χ0v) is 12.9. The third-order valence-corrected chi connectivity index (χ3v) is 4.02. The van der Waals surface area contributed by atoms with Crippen LogP contribution in [0.5, 0.6) is 0 Å². The highest BCUT2D eigenvalue weighted by Crippen LogP contribution is 2.23. The predicted molar refractivity (Wildman–Crippen MR) is 83.9 cm³/mol. The minimum absolute atomic E-state index is 0.403. The molecule has 0 atom stereocenters. The molecule has 1 radical (unpaired) electrons. The van der Waals surface area contributed by atoms with E-state index in [-0.39, 0.29) is 0 Å². The number of anilines is 1. The summed E-state index contributed by atoms with van der Waals surface area (Å²) in [5, 5.41) is 0. The van der Waals surface area contributed by atoms with Crippen LogP contribution in [-0.4, -0.2) is 43.9 Å². The number of likely N-dealkylation sites (N-methyl/N-ethyl adjacent to an activating group) is 1. The van der Waals surface area contributed by atoms with E-state index < -0.39 is 5.41 Å². The molecule has 20 heavy (non-hydrogen) atoms. The van der Waals surface area contributed by atoms with Crippen molar-refractivity contribution in [3.63, 3.8) is 0 Å². The fraction of sp³-hybridized carbons (Fsp3) is 0.588. The van der Waals surface area contributed by atoms with E-state index in [1.54, 1.807) is 0 Å². The van der Waals surface area contributed by atoms with E-state index in [4.69, 9.17) is 0 Å². The van der Waals surface area contributed by atoms with Gasteiger partial charge in [-0.2, -0.15) is 0 Å². The molecule has 1 aliphatic heterocycles. The number of benzene rings is 1. The van der Waals surface area contributed by atoms with E-state index in [1.165, 1.54) is 11.3 Å². The molecule has 109 valence electrons. The first-order valence-electron chi connectivity index (χ1n) is 7.49. The van der Waals surface area contributed by atoms with Gasteiger partial charge in [0.2, 0.25) is 6.29 Å². The average Bonchev–Trinajstić information content (AvgIpc) is 2.47. The summed E-state index contributed by atoms with van der Waals surface area (Å²) in [6, 6.07) is 8.59. The Morgan fingerprint density at radius 1 is 1.20 bits per heavy atom. The Balaban J connectivity index is 2.05. The van der Waals surface area contributed by atoms with Gasteiger partial charge in [-0.1, -0.05) is 32.9 Å². The van der Waals surface area contributed by atoms with Gasteiger partial charge in [-0.05, 0) is 30.7 Å². The van der Waals surface area contributed by atoms with Gasteiger partial charge in [-0.15, -0.1) is 0 Å². The number of hydrogen-bond acceptors (Lipinski definition) is 3. The Bertz CT molecular complexity index is 448. The van der Waals surface area contributed by atoms with Crippen LogP contribution >= 0.6 is 0 Å². The maximum atomic E-state index is 10.9. The molecule has 0 amide bonds. The summed E-state index contributed by atoms with van der Waals surface area (Å²) in [7, 11) is 0. The van der Waals surface area contributed by atoms with Crippen molar-refractivity contribution in [3.8, 4) is 0 Å². The van der Waals surface area contributed by atoms with Crippen molar-refractivity contribution in [2.45, 2.75) is 27.2 Å². The normalized spacial score (nSPS) is 17.2. The molecule has 0 aliphatic carbocycles. The molecule has 0 saturated carbocycles. The summed E-state index contributed by atoms with van der Waals surface area (Å²) < 4.78 is 0. The number of piperazine rings is 1. The van der Waals surface area contributed by atoms with E-state index >= 15 is 0 Å². The van der Waals surface area contributed by atoms with Crippen LogP contribution in [0.3, 0.4) is 0 Å². The quantitative estimate of drug-likeness (QED) is 0.823. The number of carbonyl (C=O) groups excluding carboxylic acids is 1. The van der Waals surface area contributed by atoms with Gasteiger partial charge in [0.15, 0.2) is 0 Å². The van der Waals surface area contributed by atoms with E-state index in [9.17, 15) is 4.79 Å². The Labute approximate surface area is 122 Å². The monoisotopic (exact) mass is 273 g/mol. The van der Waals surface area contributed by atoms with Gasteiger partial charge >= 0.3 is 0 Å². The lowest BCUT2D eigenvalue weighted by molar-refractivity contribution is 0.271. The maximum absolute atomic E-state index is 10.9. The second kappa shape index (κ2) is 6.40. The van der Waals surface area contributed by atoms with Crippen molar-refractivity contribution in [2.24, 2.45) is 5.41 Å². The van der Waals surface area contributed by atoms with Crippen LogP contribution in [0, 0.1) is 5.41 Å². The highest BCUT2D eigenvalue weighted by atomic mass is 16.1. The van der Waals surface area contributed by atoms with Gasteiger partial charge in [-0.3, -0.25) is 4.79 Å². The van der Waals surface area contributed by atoms with Crippen molar-refractivity contribution in [1.82, 2.24) is 4.90 Å². The SMILES string of the molecule is CCN1CCN(c2cccc(CC(C)(C)[C]=O)c2)CC1. The number of nitrogens with zero attached hydrogens (tertiary/aromatic N) is 2. The number of rotatable bonds is 5. The second-order valence-electron chi connectivity index (χ2n) is 6.25. The minimum atomic E-state index is -0.403. The summed E-state index contributed by atoms with van der Waals surface area (Å²) in [6.07, 6.45) is 2.88. The smallest absolute Gasteiger partial charge is 0.204 e. The predicted octanol–water partition coefficient (Wildman–Crippen LogP) is 2.51. The van der Waals surface area contributed by atoms with Crippen molar-refractivity contribution >= 4 is 12.0 Å². The largest absolute Gasteiger partial charge is 0.369 e. The van der Waals surface area contributed by atoms with Gasteiger partial charge in [0.25, 0.3) is 0 Å². The molecule has 0 aromatic heterocycles. The van der Waals surface area contributed by atoms with Crippen LogP contribution in [-0.2, 0) is 11.2 Å². The fourth-order valence-corrected chi connectivity index (χ4v) is 2.73. The molecule has 0 bridgehead atoms. The standard InChI is InChI=1S/C17H25N2O/c1-4-18-8-10-19(11-9-18)16-7-5-6-15(12-16)13-17(2,3)14-20/h5-7,12H,4,8-11,13H2,1-3H3. The molecule has 3 nitrogen and oxygen atoms in total. The minimum Gasteiger partial charge on any atom is -0.369 e. The van der Waals surface area contributed by atoms with Gasteiger partial charge < -0.3 is 9.80 Å². The van der Waals surface area contributed by atoms with Gasteiger partial charge in [0.05, 0.1) is 0 Å². The molecule has 1 saturated heterocycles. The molecule has 0 unspecified atom stereocenters. The van der Waals surface area contributed by atoms with E-state index in [0.717, 1.165) is 39.1 Å². The lowest BCUT2D eigenvalue weighted by atomic mass is 9.87. The third kappa shape index (κ3) is 3.83. The maximum Gasteiger partial charge on any atom is 0.204 e. The van der Waals surface area contributed by atoms with Crippen LogP contribution in [0.25, 0.3) is 0 Å². The van der Waals surface area contributed by atoms with E-state index in [0.29, 0.717) is 0 Å². The van der Waals surface area contributed by atoms with Crippen LogP contribution < -0.4 is 4.90 Å². The Morgan fingerprint density at radius 3 is 2.50 bits per heavy atom.